The number of ether oxygens (including phenoxy) is 1. The molecule has 0 unspecified atom stereocenters. The Hall–Kier alpha value is -2.42. The summed E-state index contributed by atoms with van der Waals surface area (Å²) in [5, 5.41) is 13.5. The second-order valence-corrected chi connectivity index (χ2v) is 11.5. The van der Waals surface area contributed by atoms with Crippen molar-refractivity contribution < 1.29 is 9.84 Å². The summed E-state index contributed by atoms with van der Waals surface area (Å²) in [6.45, 7) is 13.5. The topological polar surface area (TPSA) is 45.2 Å². The zero-order chi connectivity index (χ0) is 21.9. The molecular formula is C28H33NO2. The maximum atomic E-state index is 11.1. The van der Waals surface area contributed by atoms with Gasteiger partial charge in [-0.1, -0.05) is 20.8 Å². The highest BCUT2D eigenvalue weighted by Gasteiger charge is 2.68. The number of nitrogens with one attached hydrogen (secondary N) is 1. The molecule has 2 fully saturated rings. The number of benzene rings is 2. The van der Waals surface area contributed by atoms with Crippen LogP contribution >= 0.6 is 0 Å². The van der Waals surface area contributed by atoms with Crippen LogP contribution in [0.3, 0.4) is 0 Å². The van der Waals surface area contributed by atoms with Gasteiger partial charge in [0.05, 0.1) is 11.0 Å². The largest absolute Gasteiger partial charge is 0.508 e. The van der Waals surface area contributed by atoms with E-state index >= 15 is 0 Å². The van der Waals surface area contributed by atoms with Gasteiger partial charge in [-0.2, -0.15) is 0 Å². The van der Waals surface area contributed by atoms with Crippen molar-refractivity contribution in [1.29, 1.82) is 0 Å². The van der Waals surface area contributed by atoms with Gasteiger partial charge in [0.15, 0.2) is 0 Å². The number of phenols is 1. The predicted molar refractivity (Wildman–Crippen MR) is 128 cm³/mol. The quantitative estimate of drug-likeness (QED) is 0.463. The van der Waals surface area contributed by atoms with Crippen LogP contribution < -0.4 is 4.74 Å². The van der Waals surface area contributed by atoms with Crippen molar-refractivity contribution in [3.05, 3.63) is 41.0 Å². The maximum Gasteiger partial charge on any atom is 0.132 e. The zero-order valence-electron chi connectivity index (χ0n) is 19.5. The van der Waals surface area contributed by atoms with Gasteiger partial charge in [-0.05, 0) is 93.2 Å². The Labute approximate surface area is 184 Å². The molecule has 0 amide bonds. The van der Waals surface area contributed by atoms with E-state index in [4.69, 9.17) is 4.74 Å². The van der Waals surface area contributed by atoms with Crippen LogP contribution in [0.4, 0.5) is 0 Å². The first kappa shape index (κ1) is 19.3. The van der Waals surface area contributed by atoms with E-state index < -0.39 is 0 Å². The molecule has 0 radical (unpaired) electrons. The highest BCUT2D eigenvalue weighted by Crippen LogP contribution is 2.75. The number of aromatic nitrogens is 1. The van der Waals surface area contributed by atoms with Gasteiger partial charge in [0.2, 0.25) is 0 Å². The summed E-state index contributed by atoms with van der Waals surface area (Å²) in [5.41, 5.74) is 5.80. The predicted octanol–water partition coefficient (Wildman–Crippen LogP) is 7.23. The van der Waals surface area contributed by atoms with Crippen LogP contribution in [0.1, 0.15) is 70.6 Å². The summed E-state index contributed by atoms with van der Waals surface area (Å²) >= 11 is 0. The third-order valence-electron chi connectivity index (χ3n) is 8.96. The normalized spacial score (nSPS) is 30.6. The molecule has 0 spiro atoms. The van der Waals surface area contributed by atoms with Gasteiger partial charge in [-0.15, -0.1) is 0 Å². The molecule has 2 aliphatic carbocycles. The number of fused-ring (bicyclic) bond motifs is 6. The van der Waals surface area contributed by atoms with Gasteiger partial charge >= 0.3 is 0 Å². The minimum absolute atomic E-state index is 0.0121. The first-order valence-electron chi connectivity index (χ1n) is 11.8. The van der Waals surface area contributed by atoms with Crippen LogP contribution in [0.5, 0.6) is 11.5 Å². The molecule has 2 N–H and O–H groups in total. The van der Waals surface area contributed by atoms with Crippen molar-refractivity contribution >= 4 is 27.9 Å². The zero-order valence-corrected chi connectivity index (χ0v) is 19.5. The van der Waals surface area contributed by atoms with E-state index in [9.17, 15) is 5.11 Å². The lowest BCUT2D eigenvalue weighted by atomic mass is 9.76. The summed E-state index contributed by atoms with van der Waals surface area (Å²) in [5.74, 6) is 2.75. The molecule has 2 heterocycles. The van der Waals surface area contributed by atoms with Gasteiger partial charge in [-0.3, -0.25) is 0 Å². The van der Waals surface area contributed by atoms with Gasteiger partial charge < -0.3 is 14.8 Å². The molecule has 1 aliphatic heterocycles. The van der Waals surface area contributed by atoms with E-state index in [1.54, 1.807) is 0 Å². The van der Waals surface area contributed by atoms with Crippen LogP contribution in [0.2, 0.25) is 0 Å². The fourth-order valence-electron chi connectivity index (χ4n) is 7.05. The Kier molecular flexibility index (Phi) is 3.53. The lowest BCUT2D eigenvalue weighted by molar-refractivity contribution is 0.158. The molecule has 3 aromatic rings. The van der Waals surface area contributed by atoms with Crippen LogP contribution in [-0.4, -0.2) is 15.7 Å². The summed E-state index contributed by atoms with van der Waals surface area (Å²) < 4.78 is 6.33. The Morgan fingerprint density at radius 1 is 1.10 bits per heavy atom. The number of hydrogen-bond acceptors (Lipinski definition) is 2. The minimum atomic E-state index is -0.301. The number of phenolic OH excluding ortho intramolecular Hbond substituents is 1. The van der Waals surface area contributed by atoms with Gasteiger partial charge in [-0.25, -0.2) is 0 Å². The van der Waals surface area contributed by atoms with E-state index in [0.717, 1.165) is 39.9 Å². The number of hydrogen-bond donors (Lipinski definition) is 2. The minimum Gasteiger partial charge on any atom is -0.508 e. The monoisotopic (exact) mass is 415 g/mol. The molecule has 3 atom stereocenters. The number of rotatable bonds is 2. The maximum absolute atomic E-state index is 11.1. The number of aryl methyl sites for hydroxylation is 1. The fraction of sp³-hybridized carbons (Fsp3) is 0.500. The van der Waals surface area contributed by atoms with E-state index in [2.05, 4.69) is 70.8 Å². The summed E-state index contributed by atoms with van der Waals surface area (Å²) in [4.78, 5) is 3.76. The molecule has 3 heteroatoms. The standard InChI is InChI=1S/C28H33NO2/c1-15(2)28-12-11-27(6,21(28)14-28)22-20(30)8-7-17-19-13-16(3)25-18(23(19)29-24(17)22)9-10-26(4,5)31-25/h7-10,13,15,21,29-30H,11-12,14H2,1-6H3/t21-,27-,28-/m0/s1. The molecule has 1 aromatic heterocycles. The van der Waals surface area contributed by atoms with Crippen molar-refractivity contribution in [1.82, 2.24) is 4.98 Å². The first-order valence-corrected chi connectivity index (χ1v) is 11.8. The molecule has 2 aromatic carbocycles. The fourth-order valence-corrected chi connectivity index (χ4v) is 7.05. The van der Waals surface area contributed by atoms with Crippen molar-refractivity contribution in [2.45, 2.75) is 71.8 Å². The molecule has 162 valence electrons. The Balaban J connectivity index is 1.62. The van der Waals surface area contributed by atoms with E-state index in [1.165, 1.54) is 23.6 Å². The molecule has 0 saturated heterocycles. The Bertz CT molecular complexity index is 1290. The van der Waals surface area contributed by atoms with E-state index in [1.807, 2.05) is 6.07 Å². The van der Waals surface area contributed by atoms with Crippen LogP contribution in [0.25, 0.3) is 27.9 Å². The van der Waals surface area contributed by atoms with Crippen LogP contribution in [0, 0.1) is 24.2 Å². The highest BCUT2D eigenvalue weighted by atomic mass is 16.5. The van der Waals surface area contributed by atoms with E-state index in [0.29, 0.717) is 23.0 Å². The smallest absolute Gasteiger partial charge is 0.132 e. The number of H-pyrrole nitrogens is 1. The molecule has 3 aliphatic rings. The third kappa shape index (κ3) is 2.35. The lowest BCUT2D eigenvalue weighted by Crippen LogP contribution is -2.28. The molecule has 2 saturated carbocycles. The Morgan fingerprint density at radius 3 is 2.55 bits per heavy atom. The SMILES string of the molecule is Cc1cc2c([nH]c3c([C@@]4(C)CC[C@@]5(C(C)C)C[C@H]54)c(O)ccc32)c2c1OC(C)(C)C=C2. The van der Waals surface area contributed by atoms with Crippen molar-refractivity contribution in [3.63, 3.8) is 0 Å². The van der Waals surface area contributed by atoms with Crippen molar-refractivity contribution in [2.24, 2.45) is 17.3 Å². The van der Waals surface area contributed by atoms with Crippen LogP contribution in [0.15, 0.2) is 24.3 Å². The van der Waals surface area contributed by atoms with Gasteiger partial charge in [0, 0.05) is 27.3 Å². The van der Waals surface area contributed by atoms with Gasteiger partial charge in [0.1, 0.15) is 17.1 Å². The summed E-state index contributed by atoms with van der Waals surface area (Å²) in [6, 6.07) is 6.24. The van der Waals surface area contributed by atoms with E-state index in [-0.39, 0.29) is 11.0 Å². The molecule has 3 nitrogen and oxygen atoms in total. The summed E-state index contributed by atoms with van der Waals surface area (Å²) in [7, 11) is 0. The Morgan fingerprint density at radius 2 is 1.87 bits per heavy atom. The van der Waals surface area contributed by atoms with Crippen LogP contribution in [-0.2, 0) is 5.41 Å². The number of aromatic hydroxyl groups is 1. The average Bonchev–Trinajstić information content (AvgIpc) is 3.26. The second kappa shape index (κ2) is 5.68. The molecule has 6 rings (SSSR count). The third-order valence-corrected chi connectivity index (χ3v) is 8.96. The molecular weight excluding hydrogens is 382 g/mol. The van der Waals surface area contributed by atoms with Crippen molar-refractivity contribution in [3.8, 4) is 11.5 Å². The van der Waals surface area contributed by atoms with Gasteiger partial charge in [0.25, 0.3) is 0 Å². The average molecular weight is 416 g/mol. The van der Waals surface area contributed by atoms with Crippen molar-refractivity contribution in [2.75, 3.05) is 0 Å². The molecule has 31 heavy (non-hydrogen) atoms. The summed E-state index contributed by atoms with van der Waals surface area (Å²) in [6.07, 6.45) is 8.04. The first-order chi connectivity index (χ1) is 14.6. The lowest BCUT2D eigenvalue weighted by Gasteiger charge is -2.29. The molecule has 0 bridgehead atoms. The number of aromatic amines is 1. The second-order valence-electron chi connectivity index (χ2n) is 11.5. The highest BCUT2D eigenvalue weighted by molar-refractivity contribution is 6.12.